The van der Waals surface area contributed by atoms with E-state index in [0.717, 1.165) is 12.1 Å². The average molecular weight is 573 g/mol. The Morgan fingerprint density at radius 3 is 2.33 bits per heavy atom. The summed E-state index contributed by atoms with van der Waals surface area (Å²) in [4.78, 5) is 17.4. The molecular formula is C29H27F3N2O5S. The molecule has 11 heteroatoms. The van der Waals surface area contributed by atoms with E-state index in [9.17, 15) is 31.5 Å². The molecular weight excluding hydrogens is 545 g/mol. The number of nitrogens with zero attached hydrogens (tertiary/aromatic N) is 1. The van der Waals surface area contributed by atoms with E-state index in [-0.39, 0.29) is 23.8 Å². The fourth-order valence-corrected chi connectivity index (χ4v) is 4.89. The summed E-state index contributed by atoms with van der Waals surface area (Å²) in [5, 5.41) is 13.8. The number of aromatic nitrogens is 1. The number of aliphatic hydroxyl groups excluding tert-OH is 1. The number of carbonyl (C=O) groups is 1. The van der Waals surface area contributed by atoms with Gasteiger partial charge < -0.3 is 15.2 Å². The van der Waals surface area contributed by atoms with Gasteiger partial charge in [-0.3, -0.25) is 9.78 Å². The number of hydrogen-bond donors (Lipinski definition) is 2. The monoisotopic (exact) mass is 572 g/mol. The number of fused-ring (bicyclic) bond motifs is 1. The molecule has 0 saturated carbocycles. The van der Waals surface area contributed by atoms with Crippen molar-refractivity contribution in [1.82, 2.24) is 10.3 Å². The van der Waals surface area contributed by atoms with Gasteiger partial charge in [0.15, 0.2) is 9.84 Å². The van der Waals surface area contributed by atoms with E-state index in [1.807, 2.05) is 0 Å². The first-order valence-electron chi connectivity index (χ1n) is 12.4. The van der Waals surface area contributed by atoms with Crippen LogP contribution in [0, 0.1) is 6.92 Å². The molecule has 0 aliphatic heterocycles. The second kappa shape index (κ2) is 11.6. The zero-order valence-corrected chi connectivity index (χ0v) is 22.5. The molecule has 4 rings (SSSR count). The van der Waals surface area contributed by atoms with E-state index < -0.39 is 33.6 Å². The highest BCUT2D eigenvalue weighted by Crippen LogP contribution is 2.30. The summed E-state index contributed by atoms with van der Waals surface area (Å²) in [5.74, 6) is -0.00214. The van der Waals surface area contributed by atoms with Crippen LogP contribution >= 0.6 is 0 Å². The Morgan fingerprint density at radius 1 is 1.02 bits per heavy atom. The number of nitrogens with one attached hydrogen (secondary N) is 1. The summed E-state index contributed by atoms with van der Waals surface area (Å²) < 4.78 is 68.2. The van der Waals surface area contributed by atoms with E-state index in [1.165, 1.54) is 36.4 Å². The van der Waals surface area contributed by atoms with Crippen LogP contribution in [0.5, 0.6) is 5.75 Å². The fourth-order valence-electron chi connectivity index (χ4n) is 4.01. The van der Waals surface area contributed by atoms with Crippen molar-refractivity contribution in [3.8, 4) is 5.75 Å². The Bertz CT molecular complexity index is 1620. The van der Waals surface area contributed by atoms with Crippen molar-refractivity contribution in [2.24, 2.45) is 0 Å². The van der Waals surface area contributed by atoms with E-state index in [1.54, 1.807) is 38.1 Å². The van der Waals surface area contributed by atoms with E-state index >= 15 is 0 Å². The van der Waals surface area contributed by atoms with Crippen LogP contribution in [-0.2, 0) is 22.6 Å². The molecule has 0 bridgehead atoms. The number of sulfone groups is 1. The summed E-state index contributed by atoms with van der Waals surface area (Å²) in [7, 11) is -3.35. The molecule has 1 heterocycles. The number of ether oxygens (including phenoxy) is 1. The standard InChI is InChI=1S/C29H27F3N2O5S/c1-3-40(37,38)23-11-6-20(7-12-23)26(35)16-33-28(36)21-8-13-24-25(15-21)34-18(2)14-27(24)39-17-19-4-9-22(10-5-19)29(30,31)32/h4-15,26,35H,3,16-17H2,1-2H3,(H,33,36)/t26-/m0/s1. The molecule has 210 valence electrons. The zero-order chi connectivity index (χ0) is 29.1. The minimum absolute atomic E-state index is 0.0299. The van der Waals surface area contributed by atoms with Gasteiger partial charge >= 0.3 is 6.18 Å². The molecule has 0 spiro atoms. The molecule has 4 aromatic rings. The molecule has 7 nitrogen and oxygen atoms in total. The van der Waals surface area contributed by atoms with Crippen LogP contribution in [0.4, 0.5) is 13.2 Å². The number of halogens is 3. The topological polar surface area (TPSA) is 106 Å². The lowest BCUT2D eigenvalue weighted by Crippen LogP contribution is -2.28. The van der Waals surface area contributed by atoms with Crippen LogP contribution in [0.1, 0.15) is 45.8 Å². The Labute approximate surface area is 229 Å². The predicted molar refractivity (Wildman–Crippen MR) is 144 cm³/mol. The number of aryl methyl sites for hydroxylation is 1. The molecule has 0 fully saturated rings. The lowest BCUT2D eigenvalue weighted by atomic mass is 10.1. The number of hydrogen-bond acceptors (Lipinski definition) is 6. The Morgan fingerprint density at radius 2 is 1.70 bits per heavy atom. The quantitative estimate of drug-likeness (QED) is 0.278. The minimum Gasteiger partial charge on any atom is -0.488 e. The molecule has 40 heavy (non-hydrogen) atoms. The molecule has 0 saturated heterocycles. The molecule has 0 unspecified atom stereocenters. The van der Waals surface area contributed by atoms with Crippen molar-refractivity contribution in [2.75, 3.05) is 12.3 Å². The van der Waals surface area contributed by atoms with E-state index in [2.05, 4.69) is 10.3 Å². The summed E-state index contributed by atoms with van der Waals surface area (Å²) in [6, 6.07) is 17.1. The number of benzene rings is 3. The number of pyridine rings is 1. The van der Waals surface area contributed by atoms with Gasteiger partial charge in [0, 0.05) is 29.3 Å². The third kappa shape index (κ3) is 6.78. The number of amides is 1. The van der Waals surface area contributed by atoms with Crippen LogP contribution in [0.25, 0.3) is 10.9 Å². The predicted octanol–water partition coefficient (Wildman–Crippen LogP) is 5.40. The van der Waals surface area contributed by atoms with E-state index in [0.29, 0.717) is 39.0 Å². The van der Waals surface area contributed by atoms with Gasteiger partial charge in [-0.25, -0.2) is 8.42 Å². The van der Waals surface area contributed by atoms with Gasteiger partial charge in [-0.1, -0.05) is 31.2 Å². The van der Waals surface area contributed by atoms with Crippen LogP contribution in [0.2, 0.25) is 0 Å². The van der Waals surface area contributed by atoms with Gasteiger partial charge in [0.25, 0.3) is 5.91 Å². The first-order valence-corrected chi connectivity index (χ1v) is 14.0. The van der Waals surface area contributed by atoms with Crippen molar-refractivity contribution in [3.63, 3.8) is 0 Å². The Balaban J connectivity index is 1.43. The van der Waals surface area contributed by atoms with Gasteiger partial charge in [0.05, 0.1) is 27.8 Å². The van der Waals surface area contributed by atoms with Gasteiger partial charge in [-0.05, 0) is 60.5 Å². The number of rotatable bonds is 9. The highest BCUT2D eigenvalue weighted by Gasteiger charge is 2.30. The van der Waals surface area contributed by atoms with Crippen molar-refractivity contribution >= 4 is 26.6 Å². The molecule has 2 N–H and O–H groups in total. The molecule has 1 atom stereocenters. The third-order valence-corrected chi connectivity index (χ3v) is 8.05. The number of carbonyl (C=O) groups excluding carboxylic acids is 1. The maximum atomic E-state index is 12.8. The summed E-state index contributed by atoms with van der Waals surface area (Å²) >= 11 is 0. The smallest absolute Gasteiger partial charge is 0.416 e. The lowest BCUT2D eigenvalue weighted by Gasteiger charge is -2.14. The fraction of sp³-hybridized carbons (Fsp3) is 0.241. The summed E-state index contributed by atoms with van der Waals surface area (Å²) in [6.07, 6.45) is -5.46. The largest absolute Gasteiger partial charge is 0.488 e. The van der Waals surface area contributed by atoms with Crippen LogP contribution in [-0.4, -0.2) is 36.7 Å². The Hall–Kier alpha value is -3.96. The van der Waals surface area contributed by atoms with E-state index in [4.69, 9.17) is 4.74 Å². The maximum absolute atomic E-state index is 12.8. The maximum Gasteiger partial charge on any atom is 0.416 e. The molecule has 0 aliphatic carbocycles. The van der Waals surface area contributed by atoms with Crippen molar-refractivity contribution in [2.45, 2.75) is 37.6 Å². The average Bonchev–Trinajstić information content (AvgIpc) is 2.93. The Kier molecular flexibility index (Phi) is 8.45. The second-order valence-corrected chi connectivity index (χ2v) is 11.5. The molecule has 1 aromatic heterocycles. The van der Waals surface area contributed by atoms with Crippen LogP contribution < -0.4 is 10.1 Å². The zero-order valence-electron chi connectivity index (χ0n) is 21.7. The molecule has 0 radical (unpaired) electrons. The molecule has 0 aliphatic rings. The molecule has 1 amide bonds. The minimum atomic E-state index is -4.41. The summed E-state index contributed by atoms with van der Waals surface area (Å²) in [6.45, 7) is 3.25. The lowest BCUT2D eigenvalue weighted by molar-refractivity contribution is -0.137. The van der Waals surface area contributed by atoms with Crippen LogP contribution in [0.15, 0.2) is 77.7 Å². The normalized spacial score (nSPS) is 12.8. The van der Waals surface area contributed by atoms with Crippen LogP contribution in [0.3, 0.4) is 0 Å². The SMILES string of the molecule is CCS(=O)(=O)c1ccc([C@@H](O)CNC(=O)c2ccc3c(OCc4ccc(C(F)(F)F)cc4)cc(C)nc3c2)cc1. The van der Waals surface area contributed by atoms with Gasteiger partial charge in [0.1, 0.15) is 12.4 Å². The van der Waals surface area contributed by atoms with Crippen molar-refractivity contribution < 1.29 is 36.2 Å². The number of aliphatic hydroxyl groups is 1. The second-order valence-electron chi connectivity index (χ2n) is 9.18. The highest BCUT2D eigenvalue weighted by molar-refractivity contribution is 7.91. The third-order valence-electron chi connectivity index (χ3n) is 6.30. The van der Waals surface area contributed by atoms with Crippen molar-refractivity contribution in [1.29, 1.82) is 0 Å². The highest BCUT2D eigenvalue weighted by atomic mass is 32.2. The summed E-state index contributed by atoms with van der Waals surface area (Å²) in [5.41, 5.74) is 1.70. The first kappa shape index (κ1) is 29.0. The number of alkyl halides is 3. The van der Waals surface area contributed by atoms with Gasteiger partial charge in [-0.2, -0.15) is 13.2 Å². The molecule has 3 aromatic carbocycles. The van der Waals surface area contributed by atoms with Gasteiger partial charge in [-0.15, -0.1) is 0 Å². The van der Waals surface area contributed by atoms with Gasteiger partial charge in [0.2, 0.25) is 0 Å². The first-order chi connectivity index (χ1) is 18.9. The van der Waals surface area contributed by atoms with Crippen molar-refractivity contribution in [3.05, 3.63) is 101 Å².